The molecule has 0 amide bonds. The van der Waals surface area contributed by atoms with Crippen LogP contribution in [0.25, 0.3) is 0 Å². The summed E-state index contributed by atoms with van der Waals surface area (Å²) in [4.78, 5) is 10.5. The van der Waals surface area contributed by atoms with Gasteiger partial charge < -0.3 is 20.4 Å². The van der Waals surface area contributed by atoms with Gasteiger partial charge in [0.25, 0.3) is 0 Å². The molecule has 0 aliphatic carbocycles. The molecule has 15 heavy (non-hydrogen) atoms. The van der Waals surface area contributed by atoms with Crippen molar-refractivity contribution in [3.8, 4) is 11.5 Å². The zero-order valence-electron chi connectivity index (χ0n) is 8.08. The van der Waals surface area contributed by atoms with E-state index < -0.39 is 18.0 Å². The summed E-state index contributed by atoms with van der Waals surface area (Å²) < 4.78 is 0. The molecule has 2 unspecified atom stereocenters. The van der Waals surface area contributed by atoms with E-state index in [-0.39, 0.29) is 11.5 Å². The van der Waals surface area contributed by atoms with Crippen LogP contribution in [-0.2, 0) is 4.79 Å². The highest BCUT2D eigenvalue weighted by Gasteiger charge is 2.23. The zero-order chi connectivity index (χ0) is 11.6. The first-order valence-electron chi connectivity index (χ1n) is 4.36. The van der Waals surface area contributed by atoms with Gasteiger partial charge in [0.15, 0.2) is 17.6 Å². The van der Waals surface area contributed by atoms with Gasteiger partial charge >= 0.3 is 5.97 Å². The molecule has 0 radical (unpaired) electrons. The molecule has 1 rings (SSSR count). The lowest BCUT2D eigenvalue weighted by molar-refractivity contribution is -0.147. The first-order valence-corrected chi connectivity index (χ1v) is 4.36. The molecule has 0 saturated carbocycles. The number of phenols is 2. The average molecular weight is 212 g/mol. The number of aliphatic hydroxyl groups excluding tert-OH is 1. The summed E-state index contributed by atoms with van der Waals surface area (Å²) in [5, 5.41) is 36.1. The van der Waals surface area contributed by atoms with Crippen LogP contribution in [0.2, 0.25) is 0 Å². The van der Waals surface area contributed by atoms with Gasteiger partial charge in [0.1, 0.15) is 0 Å². The summed E-state index contributed by atoms with van der Waals surface area (Å²) in [6.07, 6.45) is -1.53. The van der Waals surface area contributed by atoms with Gasteiger partial charge in [-0.25, -0.2) is 4.79 Å². The number of hydrogen-bond donors (Lipinski definition) is 4. The van der Waals surface area contributed by atoms with Gasteiger partial charge in [0.2, 0.25) is 0 Å². The van der Waals surface area contributed by atoms with Crippen molar-refractivity contribution in [3.05, 3.63) is 23.8 Å². The first-order chi connectivity index (χ1) is 6.93. The van der Waals surface area contributed by atoms with Crippen LogP contribution in [0.3, 0.4) is 0 Å². The molecular weight excluding hydrogens is 200 g/mol. The van der Waals surface area contributed by atoms with Crippen LogP contribution in [0.4, 0.5) is 0 Å². The highest BCUT2D eigenvalue weighted by molar-refractivity contribution is 5.73. The number of aliphatic carboxylic acids is 1. The van der Waals surface area contributed by atoms with Gasteiger partial charge in [-0.15, -0.1) is 0 Å². The van der Waals surface area contributed by atoms with Crippen molar-refractivity contribution >= 4 is 5.97 Å². The van der Waals surface area contributed by atoms with Crippen molar-refractivity contribution in [1.29, 1.82) is 0 Å². The van der Waals surface area contributed by atoms with Crippen molar-refractivity contribution in [2.75, 3.05) is 0 Å². The lowest BCUT2D eigenvalue weighted by Crippen LogP contribution is -2.25. The van der Waals surface area contributed by atoms with E-state index >= 15 is 0 Å². The molecule has 1 aromatic rings. The SMILES string of the molecule is CC(c1ccc(O)c(O)c1)C(O)C(=O)O. The number of phenolic OH excluding ortho intramolecular Hbond substituents is 2. The maximum absolute atomic E-state index is 10.5. The number of carboxylic acid groups (broad SMARTS) is 1. The Morgan fingerprint density at radius 2 is 1.87 bits per heavy atom. The molecular formula is C10H12O5. The molecule has 0 aromatic heterocycles. The summed E-state index contributed by atoms with van der Waals surface area (Å²) in [5.41, 5.74) is 0.445. The average Bonchev–Trinajstić information content (AvgIpc) is 2.19. The van der Waals surface area contributed by atoms with Gasteiger partial charge in [-0.3, -0.25) is 0 Å². The molecule has 0 aliphatic heterocycles. The summed E-state index contributed by atoms with van der Waals surface area (Å²) >= 11 is 0. The molecule has 0 saturated heterocycles. The molecule has 4 N–H and O–H groups in total. The van der Waals surface area contributed by atoms with Crippen LogP contribution in [0.15, 0.2) is 18.2 Å². The minimum absolute atomic E-state index is 0.282. The van der Waals surface area contributed by atoms with E-state index in [1.54, 1.807) is 0 Å². The first kappa shape index (κ1) is 11.3. The number of hydrogen-bond acceptors (Lipinski definition) is 4. The van der Waals surface area contributed by atoms with Crippen LogP contribution in [0.1, 0.15) is 18.4 Å². The minimum Gasteiger partial charge on any atom is -0.504 e. The second kappa shape index (κ2) is 4.18. The Morgan fingerprint density at radius 1 is 1.27 bits per heavy atom. The van der Waals surface area contributed by atoms with Crippen molar-refractivity contribution in [2.45, 2.75) is 18.9 Å². The Balaban J connectivity index is 2.96. The molecule has 0 aliphatic rings. The Kier molecular flexibility index (Phi) is 3.16. The van der Waals surface area contributed by atoms with Crippen molar-refractivity contribution in [1.82, 2.24) is 0 Å². The predicted octanol–water partition coefficient (Wildman–Crippen LogP) is 0.647. The van der Waals surface area contributed by atoms with Crippen LogP contribution in [0.5, 0.6) is 11.5 Å². The molecule has 82 valence electrons. The monoisotopic (exact) mass is 212 g/mol. The fourth-order valence-electron chi connectivity index (χ4n) is 1.22. The second-order valence-electron chi connectivity index (χ2n) is 3.32. The topological polar surface area (TPSA) is 98.0 Å². The highest BCUT2D eigenvalue weighted by atomic mass is 16.4. The lowest BCUT2D eigenvalue weighted by Gasteiger charge is -2.15. The Hall–Kier alpha value is -1.75. The molecule has 5 heteroatoms. The number of aliphatic hydroxyl groups is 1. The summed E-state index contributed by atoms with van der Waals surface area (Å²) in [6.45, 7) is 1.52. The van der Waals surface area contributed by atoms with Gasteiger partial charge in [-0.05, 0) is 17.7 Å². The molecule has 2 atom stereocenters. The maximum atomic E-state index is 10.5. The van der Waals surface area contributed by atoms with Gasteiger partial charge in [0, 0.05) is 5.92 Å². The quantitative estimate of drug-likeness (QED) is 0.551. The zero-order valence-corrected chi connectivity index (χ0v) is 8.08. The van der Waals surface area contributed by atoms with Gasteiger partial charge in [0.05, 0.1) is 0 Å². The van der Waals surface area contributed by atoms with Gasteiger partial charge in [-0.1, -0.05) is 13.0 Å². The predicted molar refractivity (Wildman–Crippen MR) is 51.8 cm³/mol. The molecule has 5 nitrogen and oxygen atoms in total. The van der Waals surface area contributed by atoms with Gasteiger partial charge in [-0.2, -0.15) is 0 Å². The summed E-state index contributed by atoms with van der Waals surface area (Å²) in [6, 6.07) is 3.92. The third-order valence-corrected chi connectivity index (χ3v) is 2.25. The van der Waals surface area contributed by atoms with E-state index in [9.17, 15) is 15.0 Å². The van der Waals surface area contributed by atoms with E-state index in [1.165, 1.54) is 25.1 Å². The smallest absolute Gasteiger partial charge is 0.333 e. The standard InChI is InChI=1S/C10H12O5/c1-5(9(13)10(14)15)6-2-3-7(11)8(12)4-6/h2-5,9,11-13H,1H3,(H,14,15). The van der Waals surface area contributed by atoms with Crippen molar-refractivity contribution < 1.29 is 25.2 Å². The van der Waals surface area contributed by atoms with Crippen molar-refractivity contribution in [2.24, 2.45) is 0 Å². The van der Waals surface area contributed by atoms with Crippen LogP contribution < -0.4 is 0 Å². The van der Waals surface area contributed by atoms with Crippen LogP contribution in [0, 0.1) is 0 Å². The summed E-state index contributed by atoms with van der Waals surface area (Å²) in [5.74, 6) is -2.60. The maximum Gasteiger partial charge on any atom is 0.333 e. The van der Waals surface area contributed by atoms with Crippen LogP contribution in [-0.4, -0.2) is 32.5 Å². The largest absolute Gasteiger partial charge is 0.504 e. The van der Waals surface area contributed by atoms with E-state index in [2.05, 4.69) is 0 Å². The number of rotatable bonds is 3. The molecule has 0 fully saturated rings. The van der Waals surface area contributed by atoms with Crippen molar-refractivity contribution in [3.63, 3.8) is 0 Å². The minimum atomic E-state index is -1.53. The third kappa shape index (κ3) is 2.38. The molecule has 0 heterocycles. The molecule has 0 spiro atoms. The highest BCUT2D eigenvalue weighted by Crippen LogP contribution is 2.29. The number of carbonyl (C=O) groups is 1. The normalized spacial score (nSPS) is 14.5. The fourth-order valence-corrected chi connectivity index (χ4v) is 1.22. The second-order valence-corrected chi connectivity index (χ2v) is 3.32. The number of aromatic hydroxyl groups is 2. The molecule has 1 aromatic carbocycles. The number of benzene rings is 1. The van der Waals surface area contributed by atoms with E-state index in [0.717, 1.165) is 0 Å². The Bertz CT molecular complexity index is 374. The van der Waals surface area contributed by atoms with E-state index in [0.29, 0.717) is 5.56 Å². The number of carboxylic acids is 1. The molecule has 0 bridgehead atoms. The van der Waals surface area contributed by atoms with Crippen LogP contribution >= 0.6 is 0 Å². The van der Waals surface area contributed by atoms with E-state index in [4.69, 9.17) is 10.2 Å². The summed E-state index contributed by atoms with van der Waals surface area (Å²) in [7, 11) is 0. The Morgan fingerprint density at radius 3 is 2.33 bits per heavy atom. The fraction of sp³-hybridized carbons (Fsp3) is 0.300. The Labute approximate surface area is 86.2 Å². The van der Waals surface area contributed by atoms with E-state index in [1.807, 2.05) is 0 Å². The third-order valence-electron chi connectivity index (χ3n) is 2.25. The lowest BCUT2D eigenvalue weighted by atomic mass is 9.95.